The Hall–Kier alpha value is -1.14. The number of rotatable bonds is 3. The lowest BCUT2D eigenvalue weighted by atomic mass is 10.1. The first-order chi connectivity index (χ1) is 8.50. The number of anilines is 1. The number of nitrogens with two attached hydrogens (primary N) is 2. The molecule has 1 aliphatic rings. The lowest BCUT2D eigenvalue weighted by molar-refractivity contribution is -0.119. The quantitative estimate of drug-likeness (QED) is 0.826. The Morgan fingerprint density at radius 2 is 2.17 bits per heavy atom. The van der Waals surface area contributed by atoms with Crippen LogP contribution in [0, 0.1) is 0 Å². The fourth-order valence-corrected chi connectivity index (χ4v) is 2.83. The minimum atomic E-state index is -0.302. The molecule has 4 nitrogen and oxygen atoms in total. The van der Waals surface area contributed by atoms with Crippen molar-refractivity contribution in [3.05, 3.63) is 28.2 Å². The van der Waals surface area contributed by atoms with Crippen molar-refractivity contribution in [3.63, 3.8) is 0 Å². The van der Waals surface area contributed by atoms with Crippen molar-refractivity contribution < 1.29 is 4.79 Å². The maximum absolute atomic E-state index is 11.4. The van der Waals surface area contributed by atoms with E-state index in [-0.39, 0.29) is 11.9 Å². The van der Waals surface area contributed by atoms with Crippen LogP contribution < -0.4 is 16.4 Å². The lowest BCUT2D eigenvalue weighted by Gasteiger charge is -2.26. The number of nitrogens with zero attached hydrogens (tertiary/aromatic N) is 1. The van der Waals surface area contributed by atoms with E-state index in [0.717, 1.165) is 35.1 Å². The highest BCUT2D eigenvalue weighted by atomic mass is 79.9. The Morgan fingerprint density at radius 3 is 2.78 bits per heavy atom. The highest BCUT2D eigenvalue weighted by Crippen LogP contribution is 2.30. The molecule has 1 heterocycles. The van der Waals surface area contributed by atoms with Crippen molar-refractivity contribution in [1.29, 1.82) is 0 Å². The van der Waals surface area contributed by atoms with E-state index in [1.54, 1.807) is 0 Å². The van der Waals surface area contributed by atoms with E-state index in [4.69, 9.17) is 23.7 Å². The molecule has 96 valence electrons. The van der Waals surface area contributed by atoms with E-state index >= 15 is 0 Å². The predicted octanol–water partition coefficient (Wildman–Crippen LogP) is 1.54. The van der Waals surface area contributed by atoms with Gasteiger partial charge in [-0.25, -0.2) is 0 Å². The Kier molecular flexibility index (Phi) is 3.87. The molecule has 0 radical (unpaired) electrons. The van der Waals surface area contributed by atoms with Gasteiger partial charge in [0.25, 0.3) is 0 Å². The molecule has 0 saturated carbocycles. The van der Waals surface area contributed by atoms with Gasteiger partial charge < -0.3 is 16.4 Å². The van der Waals surface area contributed by atoms with E-state index < -0.39 is 0 Å². The Bertz CT molecular complexity index is 506. The van der Waals surface area contributed by atoms with Crippen molar-refractivity contribution in [2.24, 2.45) is 11.5 Å². The number of thiocarbonyl (C=S) groups is 1. The Balaban J connectivity index is 2.44. The van der Waals surface area contributed by atoms with Gasteiger partial charge in [-0.15, -0.1) is 0 Å². The average Bonchev–Trinajstić information content (AvgIpc) is 2.77. The van der Waals surface area contributed by atoms with Gasteiger partial charge in [0.1, 0.15) is 11.0 Å². The molecule has 1 atom stereocenters. The van der Waals surface area contributed by atoms with Crippen LogP contribution in [0.5, 0.6) is 0 Å². The summed E-state index contributed by atoms with van der Waals surface area (Å²) in [5, 5.41) is 0. The zero-order valence-corrected chi connectivity index (χ0v) is 12.1. The first kappa shape index (κ1) is 13.3. The van der Waals surface area contributed by atoms with Gasteiger partial charge in [-0.1, -0.05) is 28.1 Å². The fraction of sp³-hybridized carbons (Fsp3) is 0.333. The third kappa shape index (κ3) is 2.49. The highest BCUT2D eigenvalue weighted by molar-refractivity contribution is 9.10. The van der Waals surface area contributed by atoms with E-state index in [9.17, 15) is 4.79 Å². The van der Waals surface area contributed by atoms with Crippen LogP contribution >= 0.6 is 28.1 Å². The van der Waals surface area contributed by atoms with Crippen LogP contribution in [0.4, 0.5) is 5.69 Å². The summed E-state index contributed by atoms with van der Waals surface area (Å²) in [7, 11) is 0. The number of hydrogen-bond acceptors (Lipinski definition) is 3. The molecule has 1 aromatic rings. The van der Waals surface area contributed by atoms with Crippen LogP contribution in [0.1, 0.15) is 18.4 Å². The van der Waals surface area contributed by atoms with Crippen LogP contribution in [0.3, 0.4) is 0 Å². The van der Waals surface area contributed by atoms with Gasteiger partial charge in [-0.2, -0.15) is 0 Å². The molecule has 1 amide bonds. The van der Waals surface area contributed by atoms with E-state index in [1.165, 1.54) is 0 Å². The number of hydrogen-bond donors (Lipinski definition) is 2. The van der Waals surface area contributed by atoms with Gasteiger partial charge in [-0.05, 0) is 31.0 Å². The minimum absolute atomic E-state index is 0.265. The average molecular weight is 328 g/mol. The smallest absolute Gasteiger partial charge is 0.240 e. The second-order valence-electron chi connectivity index (χ2n) is 4.28. The molecule has 1 unspecified atom stereocenters. The second-order valence-corrected chi connectivity index (χ2v) is 5.64. The minimum Gasteiger partial charge on any atom is -0.389 e. The number of carbonyl (C=O) groups excluding carboxylic acids is 1. The molecule has 1 aliphatic heterocycles. The molecular formula is C12H14BrN3OS. The van der Waals surface area contributed by atoms with E-state index in [0.29, 0.717) is 4.99 Å². The van der Waals surface area contributed by atoms with Crippen LogP contribution in [0.15, 0.2) is 22.7 Å². The van der Waals surface area contributed by atoms with Gasteiger partial charge in [-0.3, -0.25) is 4.79 Å². The van der Waals surface area contributed by atoms with Crippen LogP contribution in [-0.4, -0.2) is 23.5 Å². The van der Waals surface area contributed by atoms with Crippen molar-refractivity contribution in [2.45, 2.75) is 18.9 Å². The maximum atomic E-state index is 11.4. The normalized spacial score (nSPS) is 18.9. The number of amides is 1. The molecule has 4 N–H and O–H groups in total. The summed E-state index contributed by atoms with van der Waals surface area (Å²) in [6.07, 6.45) is 1.72. The van der Waals surface area contributed by atoms with Crippen molar-refractivity contribution in [3.8, 4) is 0 Å². The van der Waals surface area contributed by atoms with Crippen LogP contribution in [0.25, 0.3) is 0 Å². The van der Waals surface area contributed by atoms with Crippen LogP contribution in [-0.2, 0) is 4.79 Å². The first-order valence-corrected chi connectivity index (χ1v) is 6.86. The topological polar surface area (TPSA) is 72.4 Å². The third-order valence-electron chi connectivity index (χ3n) is 3.11. The number of primary amides is 1. The van der Waals surface area contributed by atoms with Crippen molar-refractivity contribution in [1.82, 2.24) is 0 Å². The standard InChI is InChI=1S/C12H14BrN3OS/c13-7-3-4-9(8(6-7)12(15)18)16-5-1-2-10(16)11(14)17/h3-4,6,10H,1-2,5H2,(H2,14,17)(H2,15,18). The summed E-state index contributed by atoms with van der Waals surface area (Å²) in [4.78, 5) is 13.8. The lowest BCUT2D eigenvalue weighted by Crippen LogP contribution is -2.41. The molecule has 1 aromatic carbocycles. The molecule has 2 rings (SSSR count). The maximum Gasteiger partial charge on any atom is 0.240 e. The number of benzene rings is 1. The zero-order valence-electron chi connectivity index (χ0n) is 9.73. The summed E-state index contributed by atoms with van der Waals surface area (Å²) in [5.41, 5.74) is 12.8. The Labute approximate surface area is 119 Å². The van der Waals surface area contributed by atoms with Crippen molar-refractivity contribution in [2.75, 3.05) is 11.4 Å². The Morgan fingerprint density at radius 1 is 1.44 bits per heavy atom. The third-order valence-corrected chi connectivity index (χ3v) is 3.83. The molecule has 18 heavy (non-hydrogen) atoms. The molecule has 0 aromatic heterocycles. The van der Waals surface area contributed by atoms with Gasteiger partial charge in [0, 0.05) is 22.3 Å². The molecule has 1 saturated heterocycles. The largest absolute Gasteiger partial charge is 0.389 e. The summed E-state index contributed by atoms with van der Waals surface area (Å²) >= 11 is 8.45. The molecule has 0 spiro atoms. The summed E-state index contributed by atoms with van der Waals surface area (Å²) < 4.78 is 0.906. The predicted molar refractivity (Wildman–Crippen MR) is 79.6 cm³/mol. The summed E-state index contributed by atoms with van der Waals surface area (Å²) in [5.74, 6) is -0.302. The molecule has 0 bridgehead atoms. The highest BCUT2D eigenvalue weighted by Gasteiger charge is 2.30. The monoisotopic (exact) mass is 327 g/mol. The van der Waals surface area contributed by atoms with Gasteiger partial charge in [0.2, 0.25) is 5.91 Å². The zero-order chi connectivity index (χ0) is 13.3. The molecule has 1 fully saturated rings. The van der Waals surface area contributed by atoms with Gasteiger partial charge in [0.05, 0.1) is 0 Å². The summed E-state index contributed by atoms with van der Waals surface area (Å²) in [6, 6.07) is 5.43. The number of halogens is 1. The van der Waals surface area contributed by atoms with E-state index in [1.807, 2.05) is 23.1 Å². The molecular weight excluding hydrogens is 314 g/mol. The van der Waals surface area contributed by atoms with Gasteiger partial charge in [0.15, 0.2) is 0 Å². The second kappa shape index (κ2) is 5.24. The van der Waals surface area contributed by atoms with Crippen LogP contribution in [0.2, 0.25) is 0 Å². The van der Waals surface area contributed by atoms with E-state index in [2.05, 4.69) is 15.9 Å². The van der Waals surface area contributed by atoms with Crippen molar-refractivity contribution >= 4 is 44.7 Å². The molecule has 6 heteroatoms. The fourth-order valence-electron chi connectivity index (χ4n) is 2.31. The number of carbonyl (C=O) groups is 1. The SMILES string of the molecule is NC(=O)C1CCCN1c1ccc(Br)cc1C(N)=S. The first-order valence-electron chi connectivity index (χ1n) is 5.66. The summed E-state index contributed by atoms with van der Waals surface area (Å²) in [6.45, 7) is 0.796. The molecule has 0 aliphatic carbocycles. The van der Waals surface area contributed by atoms with Gasteiger partial charge >= 0.3 is 0 Å².